The summed E-state index contributed by atoms with van der Waals surface area (Å²) in [7, 11) is 1.32. The van der Waals surface area contributed by atoms with Gasteiger partial charge in [0, 0.05) is 23.2 Å². The molecule has 3 aromatic carbocycles. The second-order valence-electron chi connectivity index (χ2n) is 8.14. The normalized spacial score (nSPS) is 11.4. The van der Waals surface area contributed by atoms with Crippen LogP contribution in [0.2, 0.25) is 5.02 Å². The number of rotatable bonds is 9. The van der Waals surface area contributed by atoms with Gasteiger partial charge in [-0.25, -0.2) is 0 Å². The third-order valence-corrected chi connectivity index (χ3v) is 5.63. The van der Waals surface area contributed by atoms with Crippen LogP contribution in [0.1, 0.15) is 38.7 Å². The fourth-order valence-electron chi connectivity index (χ4n) is 3.73. The summed E-state index contributed by atoms with van der Waals surface area (Å²) >= 11 is 5.91. The Morgan fingerprint density at radius 3 is 2.29 bits per heavy atom. The summed E-state index contributed by atoms with van der Waals surface area (Å²) < 4.78 is 5.06. The monoisotopic (exact) mass is 495 g/mol. The Kier molecular flexibility index (Phi) is 8.43. The van der Waals surface area contributed by atoms with Crippen LogP contribution in [-0.4, -0.2) is 30.4 Å². The second-order valence-corrected chi connectivity index (χ2v) is 8.58. The molecule has 35 heavy (non-hydrogen) atoms. The summed E-state index contributed by atoms with van der Waals surface area (Å²) in [6, 6.07) is 15.6. The molecule has 0 saturated carbocycles. The SMILES string of the molecule is COc1ccc(C(NC(=O)c2cc(C)cc(C)c2)C(=O)NCCc2ccc(Cl)cc2)cc1[N+](=O)[O-]. The zero-order chi connectivity index (χ0) is 25.5. The summed E-state index contributed by atoms with van der Waals surface area (Å²) in [5, 5.41) is 17.7. The van der Waals surface area contributed by atoms with Crippen molar-refractivity contribution in [2.75, 3.05) is 13.7 Å². The number of carbonyl (C=O) groups excluding carboxylic acids is 2. The quantitative estimate of drug-likeness (QED) is 0.330. The molecule has 2 N–H and O–H groups in total. The highest BCUT2D eigenvalue weighted by Crippen LogP contribution is 2.30. The summed E-state index contributed by atoms with van der Waals surface area (Å²) in [5.41, 5.74) is 3.14. The summed E-state index contributed by atoms with van der Waals surface area (Å²) in [6.07, 6.45) is 0.545. The van der Waals surface area contributed by atoms with Crippen molar-refractivity contribution in [2.45, 2.75) is 26.3 Å². The maximum absolute atomic E-state index is 13.2. The van der Waals surface area contributed by atoms with Crippen LogP contribution in [0.15, 0.2) is 60.7 Å². The minimum absolute atomic E-state index is 0.0567. The number of methoxy groups -OCH3 is 1. The van der Waals surface area contributed by atoms with Crippen molar-refractivity contribution < 1.29 is 19.2 Å². The maximum Gasteiger partial charge on any atom is 0.311 e. The summed E-state index contributed by atoms with van der Waals surface area (Å²) in [4.78, 5) is 37.2. The number of nitrogens with one attached hydrogen (secondary N) is 2. The lowest BCUT2D eigenvalue weighted by molar-refractivity contribution is -0.385. The van der Waals surface area contributed by atoms with Crippen LogP contribution in [0.25, 0.3) is 0 Å². The molecule has 1 unspecified atom stereocenters. The predicted molar refractivity (Wildman–Crippen MR) is 134 cm³/mol. The highest BCUT2D eigenvalue weighted by atomic mass is 35.5. The lowest BCUT2D eigenvalue weighted by Crippen LogP contribution is -2.41. The molecule has 3 rings (SSSR count). The van der Waals surface area contributed by atoms with E-state index >= 15 is 0 Å². The molecule has 3 aromatic rings. The number of hydrogen-bond acceptors (Lipinski definition) is 5. The van der Waals surface area contributed by atoms with E-state index in [1.807, 2.05) is 32.0 Å². The fraction of sp³-hybridized carbons (Fsp3) is 0.231. The Bertz CT molecular complexity index is 1220. The first-order valence-corrected chi connectivity index (χ1v) is 11.3. The van der Waals surface area contributed by atoms with Gasteiger partial charge in [0.05, 0.1) is 12.0 Å². The van der Waals surface area contributed by atoms with Crippen molar-refractivity contribution in [2.24, 2.45) is 0 Å². The number of benzene rings is 3. The van der Waals surface area contributed by atoms with Gasteiger partial charge in [0.2, 0.25) is 5.91 Å². The third kappa shape index (κ3) is 6.80. The topological polar surface area (TPSA) is 111 Å². The van der Waals surface area contributed by atoms with E-state index in [0.717, 1.165) is 16.7 Å². The Morgan fingerprint density at radius 1 is 1.03 bits per heavy atom. The van der Waals surface area contributed by atoms with Crippen LogP contribution in [0, 0.1) is 24.0 Å². The summed E-state index contributed by atoms with van der Waals surface area (Å²) in [6.45, 7) is 4.05. The first-order valence-electron chi connectivity index (χ1n) is 10.9. The van der Waals surface area contributed by atoms with Gasteiger partial charge >= 0.3 is 5.69 Å². The molecule has 0 aliphatic heterocycles. The molecule has 0 aliphatic rings. The summed E-state index contributed by atoms with van der Waals surface area (Å²) in [5.74, 6) is -0.898. The van der Waals surface area contributed by atoms with E-state index in [9.17, 15) is 19.7 Å². The van der Waals surface area contributed by atoms with Crippen molar-refractivity contribution in [3.05, 3.63) is 104 Å². The van der Waals surface area contributed by atoms with Crippen LogP contribution < -0.4 is 15.4 Å². The lowest BCUT2D eigenvalue weighted by atomic mass is 10.0. The Hall–Kier alpha value is -3.91. The van der Waals surface area contributed by atoms with E-state index in [1.54, 1.807) is 24.3 Å². The largest absolute Gasteiger partial charge is 0.490 e. The van der Waals surface area contributed by atoms with Crippen molar-refractivity contribution in [1.82, 2.24) is 10.6 Å². The molecule has 0 fully saturated rings. The van der Waals surface area contributed by atoms with Crippen LogP contribution in [0.3, 0.4) is 0 Å². The Labute approximate surface area is 208 Å². The van der Waals surface area contributed by atoms with Gasteiger partial charge in [0.1, 0.15) is 6.04 Å². The van der Waals surface area contributed by atoms with Gasteiger partial charge in [-0.2, -0.15) is 0 Å². The molecule has 0 saturated heterocycles. The number of nitrogens with zero attached hydrogens (tertiary/aromatic N) is 1. The van der Waals surface area contributed by atoms with Gasteiger partial charge in [-0.1, -0.05) is 47.0 Å². The number of ether oxygens (including phenoxy) is 1. The van der Waals surface area contributed by atoms with Gasteiger partial charge in [-0.15, -0.1) is 0 Å². The molecular formula is C26H26ClN3O5. The van der Waals surface area contributed by atoms with E-state index < -0.39 is 22.8 Å². The number of hydrogen-bond donors (Lipinski definition) is 2. The molecular weight excluding hydrogens is 470 g/mol. The second kappa shape index (κ2) is 11.5. The molecule has 0 aliphatic carbocycles. The van der Waals surface area contributed by atoms with Crippen molar-refractivity contribution >= 4 is 29.1 Å². The minimum atomic E-state index is -1.15. The number of nitro groups is 1. The number of carbonyl (C=O) groups is 2. The average Bonchev–Trinajstić information content (AvgIpc) is 2.82. The van der Waals surface area contributed by atoms with Crippen LogP contribution >= 0.6 is 11.6 Å². The molecule has 0 radical (unpaired) electrons. The van der Waals surface area contributed by atoms with Gasteiger partial charge in [-0.05, 0) is 61.7 Å². The molecule has 0 bridgehead atoms. The Balaban J connectivity index is 1.86. The molecule has 0 aromatic heterocycles. The predicted octanol–water partition coefficient (Wildman–Crippen LogP) is 4.70. The van der Waals surface area contributed by atoms with Gasteiger partial charge < -0.3 is 15.4 Å². The molecule has 9 heteroatoms. The first kappa shape index (κ1) is 25.7. The maximum atomic E-state index is 13.2. The molecule has 182 valence electrons. The van der Waals surface area contributed by atoms with Crippen LogP contribution in [-0.2, 0) is 11.2 Å². The van der Waals surface area contributed by atoms with Gasteiger partial charge in [0.15, 0.2) is 5.75 Å². The highest BCUT2D eigenvalue weighted by molar-refractivity contribution is 6.30. The van der Waals surface area contributed by atoms with Crippen LogP contribution in [0.5, 0.6) is 5.75 Å². The average molecular weight is 496 g/mol. The molecule has 0 spiro atoms. The van der Waals surface area contributed by atoms with E-state index in [0.29, 0.717) is 23.6 Å². The van der Waals surface area contributed by atoms with Crippen LogP contribution in [0.4, 0.5) is 5.69 Å². The van der Waals surface area contributed by atoms with E-state index in [1.165, 1.54) is 25.3 Å². The van der Waals surface area contributed by atoms with Crippen molar-refractivity contribution in [3.63, 3.8) is 0 Å². The highest BCUT2D eigenvalue weighted by Gasteiger charge is 2.27. The van der Waals surface area contributed by atoms with E-state index in [-0.39, 0.29) is 17.0 Å². The molecule has 0 heterocycles. The fourth-order valence-corrected chi connectivity index (χ4v) is 3.86. The molecule has 8 nitrogen and oxygen atoms in total. The standard InChI is InChI=1S/C26H26ClN3O5/c1-16-12-17(2)14-20(13-16)25(31)29-24(19-6-9-23(35-3)22(15-19)30(33)34)26(32)28-11-10-18-4-7-21(27)8-5-18/h4-9,12-15,24H,10-11H2,1-3H3,(H,28,32)(H,29,31). The number of amides is 2. The smallest absolute Gasteiger partial charge is 0.311 e. The van der Waals surface area contributed by atoms with E-state index in [2.05, 4.69) is 10.6 Å². The molecule has 2 amide bonds. The Morgan fingerprint density at radius 2 is 1.69 bits per heavy atom. The lowest BCUT2D eigenvalue weighted by Gasteiger charge is -2.20. The zero-order valence-corrected chi connectivity index (χ0v) is 20.4. The van der Waals surface area contributed by atoms with Crippen molar-refractivity contribution in [1.29, 1.82) is 0 Å². The number of halogens is 1. The van der Waals surface area contributed by atoms with Gasteiger partial charge in [-0.3, -0.25) is 19.7 Å². The number of nitro benzene ring substituents is 1. The van der Waals surface area contributed by atoms with Gasteiger partial charge in [0.25, 0.3) is 5.91 Å². The van der Waals surface area contributed by atoms with E-state index in [4.69, 9.17) is 16.3 Å². The minimum Gasteiger partial charge on any atom is -0.490 e. The van der Waals surface area contributed by atoms with Crippen molar-refractivity contribution in [3.8, 4) is 5.75 Å². The first-order chi connectivity index (χ1) is 16.7. The molecule has 1 atom stereocenters. The zero-order valence-electron chi connectivity index (χ0n) is 19.6. The third-order valence-electron chi connectivity index (χ3n) is 5.38. The number of aryl methyl sites for hydroxylation is 2.